The SMILES string of the molecule is CCCCCCCCCOc1ccc(/C=C(/C#N)c2nc3ccc(C)cc3[nH]2)cc1Cl. The first-order chi connectivity index (χ1) is 15.1. The number of aromatic amines is 1. The third-order valence-electron chi connectivity index (χ3n) is 5.29. The van der Waals surface area contributed by atoms with Crippen LogP contribution in [0.3, 0.4) is 0 Å². The molecule has 0 atom stereocenters. The van der Waals surface area contributed by atoms with Crippen molar-refractivity contribution in [1.82, 2.24) is 9.97 Å². The highest BCUT2D eigenvalue weighted by molar-refractivity contribution is 6.32. The number of fused-ring (bicyclic) bond motifs is 1. The molecule has 0 amide bonds. The maximum absolute atomic E-state index is 9.64. The van der Waals surface area contributed by atoms with Gasteiger partial charge in [0.25, 0.3) is 0 Å². The van der Waals surface area contributed by atoms with E-state index < -0.39 is 0 Å². The second kappa shape index (κ2) is 11.6. The fourth-order valence-electron chi connectivity index (χ4n) is 3.54. The molecular formula is C26H30ClN3O. The summed E-state index contributed by atoms with van der Waals surface area (Å²) in [5.74, 6) is 1.24. The first kappa shape index (κ1) is 22.9. The molecular weight excluding hydrogens is 406 g/mol. The Morgan fingerprint density at radius 2 is 1.87 bits per heavy atom. The van der Waals surface area contributed by atoms with Crippen molar-refractivity contribution in [2.24, 2.45) is 0 Å². The van der Waals surface area contributed by atoms with E-state index in [1.54, 1.807) is 6.08 Å². The lowest BCUT2D eigenvalue weighted by molar-refractivity contribution is 0.304. The summed E-state index contributed by atoms with van der Waals surface area (Å²) in [7, 11) is 0. The second-order valence-corrected chi connectivity index (χ2v) is 8.34. The summed E-state index contributed by atoms with van der Waals surface area (Å²) in [6.07, 6.45) is 10.5. The molecule has 0 spiro atoms. The fourth-order valence-corrected chi connectivity index (χ4v) is 3.78. The highest BCUT2D eigenvalue weighted by atomic mass is 35.5. The molecule has 2 aromatic carbocycles. The number of nitriles is 1. The number of aryl methyl sites for hydroxylation is 1. The Morgan fingerprint density at radius 1 is 1.10 bits per heavy atom. The van der Waals surface area contributed by atoms with Gasteiger partial charge in [0.05, 0.1) is 28.2 Å². The number of imidazole rings is 1. The first-order valence-corrected chi connectivity index (χ1v) is 11.5. The molecule has 0 unspecified atom stereocenters. The number of benzene rings is 2. The number of hydrogen-bond donors (Lipinski definition) is 1. The van der Waals surface area contributed by atoms with Crippen molar-refractivity contribution in [3.05, 3.63) is 58.4 Å². The van der Waals surface area contributed by atoms with Crippen molar-refractivity contribution in [1.29, 1.82) is 5.26 Å². The highest BCUT2D eigenvalue weighted by Crippen LogP contribution is 2.28. The van der Waals surface area contributed by atoms with Crippen molar-refractivity contribution in [3.8, 4) is 11.8 Å². The minimum absolute atomic E-state index is 0.460. The Bertz CT molecular complexity index is 1080. The molecule has 0 aliphatic rings. The molecule has 0 aliphatic carbocycles. The number of unbranched alkanes of at least 4 members (excludes halogenated alkanes) is 6. The van der Waals surface area contributed by atoms with Gasteiger partial charge in [-0.05, 0) is 54.8 Å². The largest absolute Gasteiger partial charge is 0.492 e. The summed E-state index contributed by atoms with van der Waals surface area (Å²) in [4.78, 5) is 7.77. The lowest BCUT2D eigenvalue weighted by atomic mass is 10.1. The summed E-state index contributed by atoms with van der Waals surface area (Å²) < 4.78 is 5.85. The van der Waals surface area contributed by atoms with Gasteiger partial charge < -0.3 is 9.72 Å². The number of ether oxygens (including phenoxy) is 1. The molecule has 31 heavy (non-hydrogen) atoms. The van der Waals surface area contributed by atoms with Gasteiger partial charge in [-0.3, -0.25) is 0 Å². The van der Waals surface area contributed by atoms with Crippen LogP contribution >= 0.6 is 11.6 Å². The van der Waals surface area contributed by atoms with Crippen LogP contribution in [-0.4, -0.2) is 16.6 Å². The van der Waals surface area contributed by atoms with Crippen LogP contribution in [0.25, 0.3) is 22.7 Å². The maximum atomic E-state index is 9.64. The second-order valence-electron chi connectivity index (χ2n) is 7.94. The molecule has 1 N–H and O–H groups in total. The van der Waals surface area contributed by atoms with Gasteiger partial charge in [0.15, 0.2) is 0 Å². The van der Waals surface area contributed by atoms with Crippen LogP contribution in [0.2, 0.25) is 5.02 Å². The molecule has 3 rings (SSSR count). The molecule has 0 aliphatic heterocycles. The molecule has 5 heteroatoms. The van der Waals surface area contributed by atoms with Crippen LogP contribution in [0.15, 0.2) is 36.4 Å². The topological polar surface area (TPSA) is 61.7 Å². The van der Waals surface area contributed by atoms with Crippen molar-refractivity contribution >= 4 is 34.3 Å². The molecule has 0 saturated heterocycles. The predicted molar refractivity (Wildman–Crippen MR) is 129 cm³/mol. The Kier molecular flexibility index (Phi) is 8.55. The number of hydrogen-bond acceptors (Lipinski definition) is 3. The van der Waals surface area contributed by atoms with E-state index in [1.807, 2.05) is 43.3 Å². The normalized spacial score (nSPS) is 11.6. The number of nitrogens with zero attached hydrogens (tertiary/aromatic N) is 2. The number of allylic oxidation sites excluding steroid dienone is 1. The third-order valence-corrected chi connectivity index (χ3v) is 5.58. The molecule has 0 fully saturated rings. The molecule has 0 saturated carbocycles. The zero-order valence-corrected chi connectivity index (χ0v) is 19.1. The van der Waals surface area contributed by atoms with E-state index in [9.17, 15) is 5.26 Å². The van der Waals surface area contributed by atoms with Crippen molar-refractivity contribution in [2.45, 2.75) is 58.8 Å². The quantitative estimate of drug-likeness (QED) is 0.247. The third kappa shape index (κ3) is 6.60. The lowest BCUT2D eigenvalue weighted by Gasteiger charge is -2.09. The van der Waals surface area contributed by atoms with E-state index in [0.29, 0.717) is 28.8 Å². The summed E-state index contributed by atoms with van der Waals surface area (Å²) >= 11 is 6.42. The van der Waals surface area contributed by atoms with E-state index >= 15 is 0 Å². The Balaban J connectivity index is 1.60. The maximum Gasteiger partial charge on any atom is 0.149 e. The van der Waals surface area contributed by atoms with Gasteiger partial charge in [-0.25, -0.2) is 4.98 Å². The van der Waals surface area contributed by atoms with Gasteiger partial charge in [-0.2, -0.15) is 5.26 Å². The van der Waals surface area contributed by atoms with Crippen LogP contribution in [0.4, 0.5) is 0 Å². The molecule has 1 aromatic heterocycles. The van der Waals surface area contributed by atoms with E-state index in [-0.39, 0.29) is 0 Å². The standard InChI is InChI=1S/C26H30ClN3O/c1-3-4-5-6-7-8-9-14-31-25-13-11-20(17-22(25)27)16-21(18-28)26-29-23-12-10-19(2)15-24(23)30-26/h10-13,15-17H,3-9,14H2,1-2H3,(H,29,30)/b21-16-. The van der Waals surface area contributed by atoms with E-state index in [2.05, 4.69) is 23.0 Å². The average Bonchev–Trinajstić information content (AvgIpc) is 3.18. The van der Waals surface area contributed by atoms with Gasteiger partial charge in [0.2, 0.25) is 0 Å². The zero-order valence-electron chi connectivity index (χ0n) is 18.4. The van der Waals surface area contributed by atoms with E-state index in [1.165, 1.54) is 38.5 Å². The molecule has 0 radical (unpaired) electrons. The number of aromatic nitrogens is 2. The predicted octanol–water partition coefficient (Wildman–Crippen LogP) is 7.72. The zero-order chi connectivity index (χ0) is 22.1. The number of H-pyrrole nitrogens is 1. The average molecular weight is 436 g/mol. The summed E-state index contributed by atoms with van der Waals surface area (Å²) in [6, 6.07) is 13.8. The van der Waals surface area contributed by atoms with E-state index in [0.717, 1.165) is 28.6 Å². The minimum atomic E-state index is 0.460. The minimum Gasteiger partial charge on any atom is -0.492 e. The van der Waals surface area contributed by atoms with Gasteiger partial charge in [-0.15, -0.1) is 0 Å². The van der Waals surface area contributed by atoms with Gasteiger partial charge >= 0.3 is 0 Å². The van der Waals surface area contributed by atoms with Crippen LogP contribution < -0.4 is 4.74 Å². The summed E-state index contributed by atoms with van der Waals surface area (Å²) in [5.41, 5.74) is 4.20. The van der Waals surface area contributed by atoms with E-state index in [4.69, 9.17) is 16.3 Å². The highest BCUT2D eigenvalue weighted by Gasteiger charge is 2.09. The van der Waals surface area contributed by atoms with Crippen LogP contribution in [0.5, 0.6) is 5.75 Å². The molecule has 1 heterocycles. The monoisotopic (exact) mass is 435 g/mol. The van der Waals surface area contributed by atoms with Crippen molar-refractivity contribution < 1.29 is 4.74 Å². The van der Waals surface area contributed by atoms with Gasteiger partial charge in [0.1, 0.15) is 17.6 Å². The van der Waals surface area contributed by atoms with Crippen LogP contribution in [0.1, 0.15) is 68.8 Å². The number of halogens is 1. The molecule has 0 bridgehead atoms. The Hall–Kier alpha value is -2.77. The Labute approximate surface area is 189 Å². The van der Waals surface area contributed by atoms with Gasteiger partial charge in [-0.1, -0.05) is 69.2 Å². The fraction of sp³-hybridized carbons (Fsp3) is 0.385. The first-order valence-electron chi connectivity index (χ1n) is 11.1. The van der Waals surface area contributed by atoms with Crippen molar-refractivity contribution in [3.63, 3.8) is 0 Å². The number of nitrogens with one attached hydrogen (secondary N) is 1. The van der Waals surface area contributed by atoms with Crippen LogP contribution in [-0.2, 0) is 0 Å². The number of rotatable bonds is 11. The smallest absolute Gasteiger partial charge is 0.149 e. The lowest BCUT2D eigenvalue weighted by Crippen LogP contribution is -1.98. The Morgan fingerprint density at radius 3 is 2.61 bits per heavy atom. The molecule has 162 valence electrons. The summed E-state index contributed by atoms with van der Waals surface area (Å²) in [6.45, 7) is 4.93. The van der Waals surface area contributed by atoms with Crippen LogP contribution in [0, 0.1) is 18.3 Å². The van der Waals surface area contributed by atoms with Crippen molar-refractivity contribution in [2.75, 3.05) is 6.61 Å². The summed E-state index contributed by atoms with van der Waals surface area (Å²) in [5, 5.41) is 10.2. The van der Waals surface area contributed by atoms with Gasteiger partial charge in [0, 0.05) is 0 Å². The molecule has 3 aromatic rings. The molecule has 4 nitrogen and oxygen atoms in total.